The molecule has 0 amide bonds. The quantitative estimate of drug-likeness (QED) is 0.886. The van der Waals surface area contributed by atoms with Crippen molar-refractivity contribution in [3.63, 3.8) is 0 Å². The van der Waals surface area contributed by atoms with Crippen LogP contribution in [0.3, 0.4) is 0 Å². The van der Waals surface area contributed by atoms with Crippen molar-refractivity contribution in [1.29, 1.82) is 0 Å². The zero-order chi connectivity index (χ0) is 13.0. The van der Waals surface area contributed by atoms with E-state index in [9.17, 15) is 0 Å². The molecule has 1 aliphatic rings. The number of hydrogen-bond donors (Lipinski definition) is 1. The lowest BCUT2D eigenvalue weighted by Crippen LogP contribution is -2.44. The van der Waals surface area contributed by atoms with Crippen molar-refractivity contribution in [2.45, 2.75) is 38.8 Å². The van der Waals surface area contributed by atoms with Crippen LogP contribution < -0.4 is 15.0 Å². The summed E-state index contributed by atoms with van der Waals surface area (Å²) in [6.45, 7) is 6.68. The highest BCUT2D eigenvalue weighted by molar-refractivity contribution is 5.51. The van der Waals surface area contributed by atoms with Crippen LogP contribution in [0, 0.1) is 0 Å². The molecular formula is C15H24N2O. The van der Waals surface area contributed by atoms with Crippen LogP contribution in [0.5, 0.6) is 5.75 Å². The maximum atomic E-state index is 5.28. The van der Waals surface area contributed by atoms with Crippen LogP contribution in [0.4, 0.5) is 5.69 Å². The minimum absolute atomic E-state index is 0.582. The first kappa shape index (κ1) is 13.2. The lowest BCUT2D eigenvalue weighted by molar-refractivity contribution is 0.386. The molecule has 0 saturated carbocycles. The number of piperidine rings is 1. The van der Waals surface area contributed by atoms with Gasteiger partial charge in [-0.2, -0.15) is 0 Å². The van der Waals surface area contributed by atoms with Gasteiger partial charge in [-0.3, -0.25) is 0 Å². The summed E-state index contributed by atoms with van der Waals surface area (Å²) in [5, 5.41) is 3.62. The first-order valence-corrected chi connectivity index (χ1v) is 6.84. The summed E-state index contributed by atoms with van der Waals surface area (Å²) in [6, 6.07) is 9.60. The molecule has 0 aromatic heterocycles. The van der Waals surface area contributed by atoms with E-state index in [1.807, 2.05) is 6.07 Å². The zero-order valence-corrected chi connectivity index (χ0v) is 11.6. The molecule has 1 N–H and O–H groups in total. The maximum absolute atomic E-state index is 5.28. The van der Waals surface area contributed by atoms with E-state index in [0.29, 0.717) is 12.1 Å². The Morgan fingerprint density at radius 2 is 2.00 bits per heavy atom. The third-order valence-electron chi connectivity index (χ3n) is 3.48. The Hall–Kier alpha value is -1.22. The van der Waals surface area contributed by atoms with Gasteiger partial charge >= 0.3 is 0 Å². The molecule has 1 aliphatic heterocycles. The summed E-state index contributed by atoms with van der Waals surface area (Å²) in [5.74, 6) is 0.940. The van der Waals surface area contributed by atoms with Crippen LogP contribution in [0.15, 0.2) is 24.3 Å². The molecule has 1 aromatic carbocycles. The van der Waals surface area contributed by atoms with Crippen molar-refractivity contribution in [3.8, 4) is 5.75 Å². The fourth-order valence-electron chi connectivity index (χ4n) is 2.58. The Labute approximate surface area is 110 Å². The van der Waals surface area contributed by atoms with Gasteiger partial charge in [-0.25, -0.2) is 0 Å². The highest BCUT2D eigenvalue weighted by Crippen LogP contribution is 2.24. The molecule has 18 heavy (non-hydrogen) atoms. The summed E-state index contributed by atoms with van der Waals surface area (Å²) in [6.07, 6.45) is 2.44. The summed E-state index contributed by atoms with van der Waals surface area (Å²) >= 11 is 0. The topological polar surface area (TPSA) is 24.5 Å². The molecule has 0 aliphatic carbocycles. The average Bonchev–Trinajstić information content (AvgIpc) is 2.39. The van der Waals surface area contributed by atoms with Gasteiger partial charge < -0.3 is 15.0 Å². The second-order valence-corrected chi connectivity index (χ2v) is 5.28. The Morgan fingerprint density at radius 1 is 1.28 bits per heavy atom. The van der Waals surface area contributed by atoms with Crippen molar-refractivity contribution in [2.75, 3.05) is 25.1 Å². The van der Waals surface area contributed by atoms with E-state index in [0.717, 1.165) is 18.8 Å². The largest absolute Gasteiger partial charge is 0.497 e. The van der Waals surface area contributed by atoms with E-state index < -0.39 is 0 Å². The normalized spacial score (nSPS) is 17.2. The van der Waals surface area contributed by atoms with Crippen LogP contribution >= 0.6 is 0 Å². The van der Waals surface area contributed by atoms with Crippen LogP contribution in [-0.4, -0.2) is 32.3 Å². The fraction of sp³-hybridized carbons (Fsp3) is 0.600. The molecule has 2 rings (SSSR count). The zero-order valence-electron chi connectivity index (χ0n) is 11.6. The number of nitrogens with one attached hydrogen (secondary N) is 1. The fourth-order valence-corrected chi connectivity index (χ4v) is 2.58. The molecule has 100 valence electrons. The van der Waals surface area contributed by atoms with Gasteiger partial charge in [0.15, 0.2) is 0 Å². The molecule has 0 bridgehead atoms. The van der Waals surface area contributed by atoms with Gasteiger partial charge in [0.25, 0.3) is 0 Å². The van der Waals surface area contributed by atoms with Gasteiger partial charge in [-0.1, -0.05) is 19.9 Å². The Morgan fingerprint density at radius 3 is 2.61 bits per heavy atom. The SMILES string of the molecule is COc1cccc(N2CCC(NC(C)C)CC2)c1. The van der Waals surface area contributed by atoms with E-state index in [1.54, 1.807) is 7.11 Å². The van der Waals surface area contributed by atoms with Gasteiger partial charge in [0, 0.05) is 36.9 Å². The van der Waals surface area contributed by atoms with Crippen molar-refractivity contribution < 1.29 is 4.74 Å². The number of anilines is 1. The van der Waals surface area contributed by atoms with Crippen LogP contribution in [0.25, 0.3) is 0 Å². The second-order valence-electron chi connectivity index (χ2n) is 5.28. The van der Waals surface area contributed by atoms with Crippen LogP contribution in [0.1, 0.15) is 26.7 Å². The molecule has 0 radical (unpaired) electrons. The first-order valence-electron chi connectivity index (χ1n) is 6.84. The Balaban J connectivity index is 1.92. The summed E-state index contributed by atoms with van der Waals surface area (Å²) in [7, 11) is 1.72. The predicted octanol–water partition coefficient (Wildman–Crippen LogP) is 2.66. The number of benzene rings is 1. The predicted molar refractivity (Wildman–Crippen MR) is 76.5 cm³/mol. The highest BCUT2D eigenvalue weighted by atomic mass is 16.5. The average molecular weight is 248 g/mol. The first-order chi connectivity index (χ1) is 8.69. The van der Waals surface area contributed by atoms with Gasteiger partial charge in [0.1, 0.15) is 5.75 Å². The standard InChI is InChI=1S/C15H24N2O/c1-12(2)16-13-7-9-17(10-8-13)14-5-4-6-15(11-14)18-3/h4-6,11-13,16H,7-10H2,1-3H3. The number of hydrogen-bond acceptors (Lipinski definition) is 3. The molecule has 1 heterocycles. The molecule has 1 aromatic rings. The minimum Gasteiger partial charge on any atom is -0.497 e. The molecular weight excluding hydrogens is 224 g/mol. The summed E-state index contributed by atoms with van der Waals surface area (Å²) in [4.78, 5) is 2.45. The molecule has 3 heteroatoms. The lowest BCUT2D eigenvalue weighted by atomic mass is 10.0. The van der Waals surface area contributed by atoms with Gasteiger partial charge in [-0.05, 0) is 25.0 Å². The molecule has 0 unspecified atom stereocenters. The van der Waals surface area contributed by atoms with Crippen molar-refractivity contribution in [2.24, 2.45) is 0 Å². The Kier molecular flexibility index (Phi) is 4.48. The van der Waals surface area contributed by atoms with E-state index in [4.69, 9.17) is 4.74 Å². The van der Waals surface area contributed by atoms with E-state index in [2.05, 4.69) is 42.3 Å². The van der Waals surface area contributed by atoms with Crippen LogP contribution in [-0.2, 0) is 0 Å². The number of methoxy groups -OCH3 is 1. The van der Waals surface area contributed by atoms with Crippen molar-refractivity contribution in [1.82, 2.24) is 5.32 Å². The van der Waals surface area contributed by atoms with E-state index in [-0.39, 0.29) is 0 Å². The third-order valence-corrected chi connectivity index (χ3v) is 3.48. The van der Waals surface area contributed by atoms with Gasteiger partial charge in [0.05, 0.1) is 7.11 Å². The molecule has 0 atom stereocenters. The van der Waals surface area contributed by atoms with Gasteiger partial charge in [0.2, 0.25) is 0 Å². The number of ether oxygens (including phenoxy) is 1. The molecule has 0 spiro atoms. The number of nitrogens with zero attached hydrogens (tertiary/aromatic N) is 1. The van der Waals surface area contributed by atoms with Crippen LogP contribution in [0.2, 0.25) is 0 Å². The molecule has 1 saturated heterocycles. The molecule has 1 fully saturated rings. The number of rotatable bonds is 4. The second kappa shape index (κ2) is 6.10. The highest BCUT2D eigenvalue weighted by Gasteiger charge is 2.19. The summed E-state index contributed by atoms with van der Waals surface area (Å²) < 4.78 is 5.28. The lowest BCUT2D eigenvalue weighted by Gasteiger charge is -2.35. The molecule has 3 nitrogen and oxygen atoms in total. The smallest absolute Gasteiger partial charge is 0.120 e. The van der Waals surface area contributed by atoms with E-state index in [1.165, 1.54) is 18.5 Å². The third kappa shape index (κ3) is 3.39. The van der Waals surface area contributed by atoms with Gasteiger partial charge in [-0.15, -0.1) is 0 Å². The maximum Gasteiger partial charge on any atom is 0.120 e. The Bertz CT molecular complexity index is 371. The summed E-state index contributed by atoms with van der Waals surface area (Å²) in [5.41, 5.74) is 1.28. The monoisotopic (exact) mass is 248 g/mol. The van der Waals surface area contributed by atoms with Crippen molar-refractivity contribution in [3.05, 3.63) is 24.3 Å². The van der Waals surface area contributed by atoms with Crippen molar-refractivity contribution >= 4 is 5.69 Å². The minimum atomic E-state index is 0.582. The van der Waals surface area contributed by atoms with E-state index >= 15 is 0 Å².